The molecule has 126 valence electrons. The highest BCUT2D eigenvalue weighted by Crippen LogP contribution is 2.49. The van der Waals surface area contributed by atoms with Gasteiger partial charge in [0.1, 0.15) is 0 Å². The molecule has 1 aliphatic heterocycles. The fourth-order valence-electron chi connectivity index (χ4n) is 2.69. The predicted octanol–water partition coefficient (Wildman–Crippen LogP) is 4.40. The number of halogens is 5. The maximum absolute atomic E-state index is 13.4. The van der Waals surface area contributed by atoms with Crippen molar-refractivity contribution in [2.45, 2.75) is 18.3 Å². The molecule has 3 rings (SSSR count). The van der Waals surface area contributed by atoms with Crippen LogP contribution in [0.25, 0.3) is 0 Å². The molecule has 1 aliphatic rings. The normalized spacial score (nSPS) is 20.4. The van der Waals surface area contributed by atoms with E-state index in [-0.39, 0.29) is 12.2 Å². The quantitative estimate of drug-likeness (QED) is 0.782. The Labute approximate surface area is 148 Å². The highest BCUT2D eigenvalue weighted by molar-refractivity contribution is 9.10. The summed E-state index contributed by atoms with van der Waals surface area (Å²) < 4.78 is 40.9. The smallest absolute Gasteiger partial charge is 0.368 e. The van der Waals surface area contributed by atoms with E-state index in [9.17, 15) is 23.1 Å². The summed E-state index contributed by atoms with van der Waals surface area (Å²) in [5.41, 5.74) is -3.54. The van der Waals surface area contributed by atoms with E-state index in [1.54, 1.807) is 18.2 Å². The maximum Gasteiger partial charge on any atom is 0.430 e. The topological polar surface area (TPSA) is 40.5 Å². The molecule has 1 N–H and O–H groups in total. The number of rotatable bonds is 2. The number of benzene rings is 2. The molecular weight excluding hydrogens is 411 g/mol. The number of nitrogens with zero attached hydrogens (tertiary/aromatic N) is 1. The number of hydrogen-bond acceptors (Lipinski definition) is 2. The Balaban J connectivity index is 2.08. The first kappa shape index (κ1) is 17.3. The van der Waals surface area contributed by atoms with Crippen LogP contribution in [0.4, 0.5) is 18.9 Å². The van der Waals surface area contributed by atoms with Crippen LogP contribution in [0.2, 0.25) is 5.02 Å². The summed E-state index contributed by atoms with van der Waals surface area (Å²) >= 11 is 9.33. The molecule has 0 saturated carbocycles. The van der Waals surface area contributed by atoms with Gasteiger partial charge in [0, 0.05) is 15.1 Å². The first-order valence-electron chi connectivity index (χ1n) is 6.81. The Bertz CT molecular complexity index is 827. The molecule has 1 amide bonds. The van der Waals surface area contributed by atoms with Crippen molar-refractivity contribution in [2.75, 3.05) is 4.90 Å². The lowest BCUT2D eigenvalue weighted by atomic mass is 9.95. The highest BCUT2D eigenvalue weighted by atomic mass is 79.9. The van der Waals surface area contributed by atoms with Crippen LogP contribution in [0.15, 0.2) is 46.9 Å². The van der Waals surface area contributed by atoms with Gasteiger partial charge in [0.05, 0.1) is 12.2 Å². The Hall–Kier alpha value is -1.57. The molecule has 0 radical (unpaired) electrons. The average molecular weight is 421 g/mol. The minimum Gasteiger partial charge on any atom is -0.368 e. The number of carbonyl (C=O) groups is 1. The number of hydrogen-bond donors (Lipinski definition) is 1. The number of anilines is 1. The Kier molecular flexibility index (Phi) is 4.14. The van der Waals surface area contributed by atoms with Gasteiger partial charge < -0.3 is 10.0 Å². The molecule has 0 saturated heterocycles. The first-order valence-corrected chi connectivity index (χ1v) is 7.98. The van der Waals surface area contributed by atoms with Crippen LogP contribution in [0, 0.1) is 0 Å². The third kappa shape index (κ3) is 2.51. The van der Waals surface area contributed by atoms with Gasteiger partial charge in [0.25, 0.3) is 11.5 Å². The number of para-hydroxylation sites is 1. The van der Waals surface area contributed by atoms with Crippen molar-refractivity contribution in [2.24, 2.45) is 0 Å². The monoisotopic (exact) mass is 419 g/mol. The Morgan fingerprint density at radius 3 is 2.50 bits per heavy atom. The van der Waals surface area contributed by atoms with Crippen molar-refractivity contribution in [3.05, 3.63) is 63.1 Å². The van der Waals surface area contributed by atoms with E-state index in [1.807, 2.05) is 0 Å². The molecule has 0 spiro atoms. The van der Waals surface area contributed by atoms with Gasteiger partial charge in [-0.25, -0.2) is 0 Å². The van der Waals surface area contributed by atoms with Crippen LogP contribution in [0.5, 0.6) is 0 Å². The van der Waals surface area contributed by atoms with Crippen LogP contribution in [-0.4, -0.2) is 17.2 Å². The van der Waals surface area contributed by atoms with E-state index in [1.165, 1.54) is 18.2 Å². The van der Waals surface area contributed by atoms with E-state index in [2.05, 4.69) is 15.9 Å². The van der Waals surface area contributed by atoms with Crippen molar-refractivity contribution >= 4 is 39.1 Å². The summed E-state index contributed by atoms with van der Waals surface area (Å²) in [5.74, 6) is -1.44. The zero-order valence-electron chi connectivity index (χ0n) is 11.9. The summed E-state index contributed by atoms with van der Waals surface area (Å²) in [6.07, 6.45) is -5.13. The summed E-state index contributed by atoms with van der Waals surface area (Å²) in [5, 5.41) is 10.5. The zero-order valence-corrected chi connectivity index (χ0v) is 14.3. The predicted molar refractivity (Wildman–Crippen MR) is 86.7 cm³/mol. The fraction of sp³-hybridized carbons (Fsp3) is 0.188. The molecule has 1 unspecified atom stereocenters. The summed E-state index contributed by atoms with van der Waals surface area (Å²) in [4.78, 5) is 13.3. The largest absolute Gasteiger partial charge is 0.430 e. The minimum absolute atomic E-state index is 0.0151. The molecule has 0 aromatic heterocycles. The van der Waals surface area contributed by atoms with Crippen molar-refractivity contribution in [3.63, 3.8) is 0 Å². The van der Waals surface area contributed by atoms with Gasteiger partial charge in [-0.3, -0.25) is 4.79 Å². The molecule has 0 fully saturated rings. The van der Waals surface area contributed by atoms with Crippen LogP contribution >= 0.6 is 27.5 Å². The molecular formula is C16H10BrClF3NO2. The molecule has 1 atom stereocenters. The average Bonchev–Trinajstić information content (AvgIpc) is 2.73. The van der Waals surface area contributed by atoms with E-state index in [0.717, 1.165) is 11.0 Å². The van der Waals surface area contributed by atoms with Gasteiger partial charge in [0.15, 0.2) is 0 Å². The maximum atomic E-state index is 13.4. The highest BCUT2D eigenvalue weighted by Gasteiger charge is 2.66. The van der Waals surface area contributed by atoms with E-state index in [0.29, 0.717) is 15.1 Å². The molecule has 0 bridgehead atoms. The van der Waals surface area contributed by atoms with Crippen LogP contribution < -0.4 is 4.90 Å². The zero-order chi connectivity index (χ0) is 17.7. The number of amides is 1. The SMILES string of the molecule is O=C1N(Cc2ccc(Br)cc2Cl)c2ccccc2C1(O)C(F)(F)F. The number of alkyl halides is 3. The number of fused-ring (bicyclic) bond motifs is 1. The van der Waals surface area contributed by atoms with Crippen LogP contribution in [0.1, 0.15) is 11.1 Å². The van der Waals surface area contributed by atoms with Crippen molar-refractivity contribution in [3.8, 4) is 0 Å². The van der Waals surface area contributed by atoms with Gasteiger partial charge in [-0.15, -0.1) is 0 Å². The first-order chi connectivity index (χ1) is 11.2. The minimum atomic E-state index is -5.13. The standard InChI is InChI=1S/C16H10BrClF3NO2/c17-10-6-5-9(12(18)7-10)8-22-13-4-2-1-3-11(13)15(24,14(22)23)16(19,20)21/h1-7,24H,8H2. The van der Waals surface area contributed by atoms with Gasteiger partial charge in [0.2, 0.25) is 0 Å². The van der Waals surface area contributed by atoms with Crippen molar-refractivity contribution in [1.82, 2.24) is 0 Å². The van der Waals surface area contributed by atoms with Gasteiger partial charge in [-0.05, 0) is 23.8 Å². The van der Waals surface area contributed by atoms with E-state index in [4.69, 9.17) is 11.6 Å². The molecule has 2 aromatic rings. The third-order valence-corrected chi connectivity index (χ3v) is 4.74. The molecule has 1 heterocycles. The fourth-order valence-corrected chi connectivity index (χ4v) is 3.42. The van der Waals surface area contributed by atoms with Gasteiger partial charge in [-0.2, -0.15) is 13.2 Å². The van der Waals surface area contributed by atoms with E-state index < -0.39 is 23.2 Å². The Morgan fingerprint density at radius 2 is 1.88 bits per heavy atom. The van der Waals surface area contributed by atoms with Gasteiger partial charge in [-0.1, -0.05) is 51.8 Å². The number of carbonyl (C=O) groups excluding carboxylic acids is 1. The molecule has 2 aromatic carbocycles. The second-order valence-electron chi connectivity index (χ2n) is 5.35. The lowest BCUT2D eigenvalue weighted by Crippen LogP contribution is -2.50. The van der Waals surface area contributed by atoms with Crippen molar-refractivity contribution in [1.29, 1.82) is 0 Å². The Morgan fingerprint density at radius 1 is 1.21 bits per heavy atom. The van der Waals surface area contributed by atoms with Crippen LogP contribution in [-0.2, 0) is 16.9 Å². The molecule has 0 aliphatic carbocycles. The lowest BCUT2D eigenvalue weighted by Gasteiger charge is -2.25. The summed E-state index contributed by atoms with van der Waals surface area (Å²) in [6.45, 7) is -0.180. The second-order valence-corrected chi connectivity index (χ2v) is 6.68. The van der Waals surface area contributed by atoms with E-state index >= 15 is 0 Å². The molecule has 8 heteroatoms. The molecule has 3 nitrogen and oxygen atoms in total. The molecule has 24 heavy (non-hydrogen) atoms. The third-order valence-electron chi connectivity index (χ3n) is 3.89. The van der Waals surface area contributed by atoms with Gasteiger partial charge >= 0.3 is 6.18 Å². The number of aliphatic hydroxyl groups is 1. The van der Waals surface area contributed by atoms with Crippen LogP contribution in [0.3, 0.4) is 0 Å². The van der Waals surface area contributed by atoms with Crippen molar-refractivity contribution < 1.29 is 23.1 Å². The summed E-state index contributed by atoms with van der Waals surface area (Å²) in [7, 11) is 0. The lowest BCUT2D eigenvalue weighted by molar-refractivity contribution is -0.253. The second kappa shape index (κ2) is 5.75. The summed E-state index contributed by atoms with van der Waals surface area (Å²) in [6, 6.07) is 10.2.